The maximum absolute atomic E-state index is 12.2. The molecular formula is C18H26N2O5. The molecule has 0 aromatic heterocycles. The molecule has 0 radical (unpaired) electrons. The third kappa shape index (κ3) is 5.48. The lowest BCUT2D eigenvalue weighted by Crippen LogP contribution is -2.45. The summed E-state index contributed by atoms with van der Waals surface area (Å²) >= 11 is 0. The van der Waals surface area contributed by atoms with Gasteiger partial charge in [-0.15, -0.1) is 0 Å². The first kappa shape index (κ1) is 20.5. The second-order valence-corrected chi connectivity index (χ2v) is 5.68. The van der Waals surface area contributed by atoms with Crippen molar-refractivity contribution in [3.63, 3.8) is 0 Å². The van der Waals surface area contributed by atoms with Gasteiger partial charge in [0, 0.05) is 6.54 Å². The molecule has 0 fully saturated rings. The summed E-state index contributed by atoms with van der Waals surface area (Å²) in [6.45, 7) is 5.59. The molecule has 0 aliphatic heterocycles. The number of hydrogen-bond acceptors (Lipinski definition) is 4. The summed E-state index contributed by atoms with van der Waals surface area (Å²) in [6, 6.07) is 6.76. The number of para-hydroxylation sites is 1. The van der Waals surface area contributed by atoms with Gasteiger partial charge in [-0.25, -0.2) is 0 Å². The molecule has 1 rings (SSSR count). The molecule has 138 valence electrons. The Balaban J connectivity index is 2.59. The molecule has 0 heterocycles. The zero-order chi connectivity index (χ0) is 18.9. The van der Waals surface area contributed by atoms with Gasteiger partial charge in [-0.2, -0.15) is 0 Å². The van der Waals surface area contributed by atoms with Crippen LogP contribution in [0, 0.1) is 5.41 Å². The third-order valence-electron chi connectivity index (χ3n) is 4.27. The van der Waals surface area contributed by atoms with Crippen LogP contribution >= 0.6 is 0 Å². The Morgan fingerprint density at radius 1 is 1.08 bits per heavy atom. The first-order valence-corrected chi connectivity index (χ1v) is 8.40. The molecule has 0 aliphatic rings. The highest BCUT2D eigenvalue weighted by Crippen LogP contribution is 2.25. The number of amides is 2. The third-order valence-corrected chi connectivity index (χ3v) is 4.27. The number of carboxylic acids is 1. The van der Waals surface area contributed by atoms with Crippen LogP contribution in [0.1, 0.15) is 44.0 Å². The van der Waals surface area contributed by atoms with Gasteiger partial charge in [0.15, 0.2) is 0 Å². The van der Waals surface area contributed by atoms with Crippen molar-refractivity contribution < 1.29 is 24.2 Å². The first-order chi connectivity index (χ1) is 11.9. The van der Waals surface area contributed by atoms with Crippen molar-refractivity contribution in [3.8, 4) is 5.75 Å². The van der Waals surface area contributed by atoms with Gasteiger partial charge >= 0.3 is 5.97 Å². The Kier molecular flexibility index (Phi) is 7.91. The Labute approximate surface area is 147 Å². The highest BCUT2D eigenvalue weighted by Gasteiger charge is 2.35. The molecule has 0 aliphatic carbocycles. The van der Waals surface area contributed by atoms with E-state index < -0.39 is 23.2 Å². The van der Waals surface area contributed by atoms with Gasteiger partial charge in [-0.05, 0) is 31.9 Å². The van der Waals surface area contributed by atoms with Crippen molar-refractivity contribution in [3.05, 3.63) is 29.8 Å². The lowest BCUT2D eigenvalue weighted by Gasteiger charge is -2.26. The molecule has 0 bridgehead atoms. The van der Waals surface area contributed by atoms with Gasteiger partial charge in [-0.1, -0.05) is 26.0 Å². The van der Waals surface area contributed by atoms with Crippen molar-refractivity contribution in [2.75, 3.05) is 19.7 Å². The topological polar surface area (TPSA) is 105 Å². The van der Waals surface area contributed by atoms with E-state index in [9.17, 15) is 19.5 Å². The maximum Gasteiger partial charge on any atom is 0.311 e. The highest BCUT2D eigenvalue weighted by molar-refractivity contribution is 5.98. The normalized spacial score (nSPS) is 10.8. The molecule has 3 N–H and O–H groups in total. The molecule has 0 saturated carbocycles. The summed E-state index contributed by atoms with van der Waals surface area (Å²) in [5.74, 6) is -1.35. The fraction of sp³-hybridized carbons (Fsp3) is 0.500. The number of aliphatic carboxylic acids is 1. The minimum atomic E-state index is -0.985. The van der Waals surface area contributed by atoms with Gasteiger partial charge in [0.05, 0.1) is 24.1 Å². The summed E-state index contributed by atoms with van der Waals surface area (Å²) < 4.78 is 5.39. The van der Waals surface area contributed by atoms with Gasteiger partial charge in [0.2, 0.25) is 5.91 Å². The van der Waals surface area contributed by atoms with E-state index in [4.69, 9.17) is 4.74 Å². The number of nitrogens with one attached hydrogen (secondary N) is 2. The number of carbonyl (C=O) groups is 3. The zero-order valence-electron chi connectivity index (χ0n) is 14.9. The summed E-state index contributed by atoms with van der Waals surface area (Å²) in [5.41, 5.74) is -0.638. The monoisotopic (exact) mass is 350 g/mol. The summed E-state index contributed by atoms with van der Waals surface area (Å²) in [7, 11) is 0. The van der Waals surface area contributed by atoms with Crippen LogP contribution < -0.4 is 15.4 Å². The lowest BCUT2D eigenvalue weighted by molar-refractivity contribution is -0.149. The van der Waals surface area contributed by atoms with Crippen LogP contribution in [0.5, 0.6) is 5.75 Å². The fourth-order valence-electron chi connectivity index (χ4n) is 2.40. The molecule has 2 amide bonds. The molecule has 0 spiro atoms. The average molecular weight is 350 g/mol. The van der Waals surface area contributed by atoms with Crippen LogP contribution in [-0.2, 0) is 9.59 Å². The first-order valence-electron chi connectivity index (χ1n) is 8.40. The predicted octanol–water partition coefficient (Wildman–Crippen LogP) is 1.82. The van der Waals surface area contributed by atoms with E-state index in [1.807, 2.05) is 6.92 Å². The van der Waals surface area contributed by atoms with E-state index in [1.165, 1.54) is 0 Å². The molecule has 0 unspecified atom stereocenters. The lowest BCUT2D eigenvalue weighted by atomic mass is 9.82. The minimum Gasteiger partial charge on any atom is -0.493 e. The molecule has 7 nitrogen and oxygen atoms in total. The zero-order valence-corrected chi connectivity index (χ0v) is 14.9. The fourth-order valence-corrected chi connectivity index (χ4v) is 2.40. The second-order valence-electron chi connectivity index (χ2n) is 5.68. The highest BCUT2D eigenvalue weighted by atomic mass is 16.5. The largest absolute Gasteiger partial charge is 0.493 e. The number of carbonyl (C=O) groups excluding carboxylic acids is 2. The molecular weight excluding hydrogens is 324 g/mol. The molecule has 25 heavy (non-hydrogen) atoms. The van der Waals surface area contributed by atoms with Crippen molar-refractivity contribution in [1.29, 1.82) is 0 Å². The quantitative estimate of drug-likeness (QED) is 0.597. The van der Waals surface area contributed by atoms with E-state index in [2.05, 4.69) is 10.6 Å². The van der Waals surface area contributed by atoms with Gasteiger partial charge in [0.1, 0.15) is 5.75 Å². The summed E-state index contributed by atoms with van der Waals surface area (Å²) in [4.78, 5) is 35.6. The van der Waals surface area contributed by atoms with Crippen LogP contribution in [0.25, 0.3) is 0 Å². The Morgan fingerprint density at radius 2 is 1.72 bits per heavy atom. The van der Waals surface area contributed by atoms with Crippen LogP contribution in [0.2, 0.25) is 0 Å². The van der Waals surface area contributed by atoms with E-state index in [0.29, 0.717) is 30.8 Å². The van der Waals surface area contributed by atoms with Crippen molar-refractivity contribution in [2.24, 2.45) is 5.41 Å². The predicted molar refractivity (Wildman–Crippen MR) is 93.6 cm³/mol. The van der Waals surface area contributed by atoms with Crippen LogP contribution in [0.15, 0.2) is 24.3 Å². The Morgan fingerprint density at radius 3 is 2.28 bits per heavy atom. The molecule has 1 aromatic rings. The number of hydrogen-bond donors (Lipinski definition) is 3. The minimum absolute atomic E-state index is 0.0274. The average Bonchev–Trinajstić information content (AvgIpc) is 2.61. The van der Waals surface area contributed by atoms with Gasteiger partial charge in [0.25, 0.3) is 5.91 Å². The van der Waals surface area contributed by atoms with Crippen molar-refractivity contribution >= 4 is 17.8 Å². The van der Waals surface area contributed by atoms with Crippen molar-refractivity contribution in [1.82, 2.24) is 10.6 Å². The summed E-state index contributed by atoms with van der Waals surface area (Å²) in [6.07, 6.45) is 0.820. The molecule has 0 saturated heterocycles. The van der Waals surface area contributed by atoms with Crippen LogP contribution in [0.3, 0.4) is 0 Å². The number of ether oxygens (including phenoxy) is 1. The van der Waals surface area contributed by atoms with Gasteiger partial charge in [-0.3, -0.25) is 14.4 Å². The summed E-state index contributed by atoms with van der Waals surface area (Å²) in [5, 5.41) is 14.5. The van der Waals surface area contributed by atoms with E-state index in [-0.39, 0.29) is 13.1 Å². The van der Waals surface area contributed by atoms with E-state index in [0.717, 1.165) is 0 Å². The Hall–Kier alpha value is -2.57. The van der Waals surface area contributed by atoms with E-state index >= 15 is 0 Å². The SMILES string of the molecule is CCOc1ccccc1C(=O)NCC(=O)NCC(CC)(CC)C(=O)O. The van der Waals surface area contributed by atoms with E-state index in [1.54, 1.807) is 38.1 Å². The smallest absolute Gasteiger partial charge is 0.311 e. The maximum atomic E-state index is 12.2. The number of carboxylic acid groups (broad SMARTS) is 1. The molecule has 0 atom stereocenters. The number of rotatable bonds is 10. The van der Waals surface area contributed by atoms with Crippen LogP contribution in [-0.4, -0.2) is 42.6 Å². The second kappa shape index (κ2) is 9.66. The molecule has 7 heteroatoms. The Bertz CT molecular complexity index is 611. The molecule has 1 aromatic carbocycles. The standard InChI is InChI=1S/C18H26N2O5/c1-4-18(5-2,17(23)24)12-20-15(21)11-19-16(22)13-9-7-8-10-14(13)25-6-3/h7-10H,4-6,11-12H2,1-3H3,(H,19,22)(H,20,21)(H,23,24). The number of benzene rings is 1. The van der Waals surface area contributed by atoms with Crippen molar-refractivity contribution in [2.45, 2.75) is 33.6 Å². The van der Waals surface area contributed by atoms with Crippen LogP contribution in [0.4, 0.5) is 0 Å². The van der Waals surface area contributed by atoms with Gasteiger partial charge < -0.3 is 20.5 Å².